The van der Waals surface area contributed by atoms with E-state index >= 15 is 0 Å². The van der Waals surface area contributed by atoms with E-state index in [1.54, 1.807) is 49.3 Å². The van der Waals surface area contributed by atoms with Crippen LogP contribution in [0.2, 0.25) is 0 Å². The first kappa shape index (κ1) is 16.6. The lowest BCUT2D eigenvalue weighted by atomic mass is 10.2. The molecule has 6 heteroatoms. The molecule has 0 aliphatic carbocycles. The van der Waals surface area contributed by atoms with E-state index in [1.165, 1.54) is 6.08 Å². The first-order chi connectivity index (χ1) is 12.2. The molecule has 0 amide bonds. The van der Waals surface area contributed by atoms with Crippen molar-refractivity contribution in [1.29, 1.82) is 0 Å². The molecular weight excluding hydrogens is 320 g/mol. The van der Waals surface area contributed by atoms with Crippen LogP contribution in [0.1, 0.15) is 22.0 Å². The molecule has 0 N–H and O–H groups in total. The van der Waals surface area contributed by atoms with Crippen LogP contribution in [0.5, 0.6) is 11.5 Å². The Bertz CT molecular complexity index is 892. The van der Waals surface area contributed by atoms with Gasteiger partial charge in [-0.1, -0.05) is 12.1 Å². The predicted molar refractivity (Wildman–Crippen MR) is 92.6 cm³/mol. The van der Waals surface area contributed by atoms with Gasteiger partial charge in [0.15, 0.2) is 11.5 Å². The number of methoxy groups -OCH3 is 1. The Kier molecular flexibility index (Phi) is 4.99. The first-order valence-electron chi connectivity index (χ1n) is 7.72. The van der Waals surface area contributed by atoms with E-state index < -0.39 is 0 Å². The number of hydrogen-bond donors (Lipinski definition) is 0. The summed E-state index contributed by atoms with van der Waals surface area (Å²) in [4.78, 5) is 12.0. The number of rotatable bonds is 7. The third kappa shape index (κ3) is 4.17. The summed E-state index contributed by atoms with van der Waals surface area (Å²) in [6.45, 7) is 0.266. The van der Waals surface area contributed by atoms with Crippen molar-refractivity contribution < 1.29 is 18.7 Å². The van der Waals surface area contributed by atoms with Crippen LogP contribution in [0.15, 0.2) is 59.2 Å². The monoisotopic (exact) mass is 338 g/mol. The lowest BCUT2D eigenvalue weighted by molar-refractivity contribution is 0.104. The molecule has 1 aromatic carbocycles. The normalized spacial score (nSPS) is 11.0. The Morgan fingerprint density at radius 2 is 2.00 bits per heavy atom. The van der Waals surface area contributed by atoms with Crippen LogP contribution in [0, 0.1) is 0 Å². The number of furan rings is 1. The summed E-state index contributed by atoms with van der Waals surface area (Å²) >= 11 is 0. The van der Waals surface area contributed by atoms with Gasteiger partial charge in [0.2, 0.25) is 5.78 Å². The molecule has 2 aromatic heterocycles. The zero-order valence-corrected chi connectivity index (χ0v) is 14.0. The molecule has 0 bridgehead atoms. The van der Waals surface area contributed by atoms with Crippen LogP contribution in [0.25, 0.3) is 6.08 Å². The summed E-state index contributed by atoms with van der Waals surface area (Å²) in [5.41, 5.74) is 0.394. The van der Waals surface area contributed by atoms with Gasteiger partial charge in [-0.3, -0.25) is 9.48 Å². The largest absolute Gasteiger partial charge is 0.493 e. The molecule has 6 nitrogen and oxygen atoms in total. The van der Waals surface area contributed by atoms with Crippen LogP contribution in [-0.2, 0) is 13.7 Å². The fourth-order valence-electron chi connectivity index (χ4n) is 2.24. The number of benzene rings is 1. The molecule has 3 rings (SSSR count). The van der Waals surface area contributed by atoms with Crippen LogP contribution in [0.4, 0.5) is 0 Å². The average molecular weight is 338 g/mol. The number of hydrogen-bond acceptors (Lipinski definition) is 5. The number of nitrogens with zero attached hydrogens (tertiary/aromatic N) is 2. The summed E-state index contributed by atoms with van der Waals surface area (Å²) in [7, 11) is 3.36. The van der Waals surface area contributed by atoms with Crippen molar-refractivity contribution in [2.45, 2.75) is 6.61 Å². The van der Waals surface area contributed by atoms with E-state index in [0.717, 1.165) is 0 Å². The minimum Gasteiger partial charge on any atom is -0.493 e. The molecule has 0 atom stereocenters. The number of carbonyl (C=O) groups excluding carboxylic acids is 1. The molecular formula is C19H18N2O4. The summed E-state index contributed by atoms with van der Waals surface area (Å²) in [6.07, 6.45) is 4.77. The van der Waals surface area contributed by atoms with Gasteiger partial charge in [-0.05, 0) is 42.5 Å². The third-order valence-electron chi connectivity index (χ3n) is 3.49. The molecule has 128 valence electrons. The quantitative estimate of drug-likeness (QED) is 0.487. The van der Waals surface area contributed by atoms with Gasteiger partial charge in [-0.15, -0.1) is 0 Å². The van der Waals surface area contributed by atoms with Crippen molar-refractivity contribution in [3.8, 4) is 11.5 Å². The number of aromatic nitrogens is 2. The van der Waals surface area contributed by atoms with Crippen LogP contribution >= 0.6 is 0 Å². The molecule has 0 aliphatic rings. The van der Waals surface area contributed by atoms with Gasteiger partial charge in [0.05, 0.1) is 7.11 Å². The second-order valence-corrected chi connectivity index (χ2v) is 5.32. The minimum atomic E-state index is -0.177. The molecule has 0 radical (unpaired) electrons. The molecule has 0 fully saturated rings. The fraction of sp³-hybridized carbons (Fsp3) is 0.158. The van der Waals surface area contributed by atoms with Gasteiger partial charge in [0.1, 0.15) is 23.8 Å². The highest BCUT2D eigenvalue weighted by Gasteiger charge is 2.07. The van der Waals surface area contributed by atoms with E-state index in [1.807, 2.05) is 24.3 Å². The van der Waals surface area contributed by atoms with Gasteiger partial charge in [-0.25, -0.2) is 0 Å². The molecule has 0 saturated carbocycles. The topological polar surface area (TPSA) is 66.5 Å². The number of ketones is 1. The highest BCUT2D eigenvalue weighted by Crippen LogP contribution is 2.26. The Hall–Kier alpha value is -3.28. The van der Waals surface area contributed by atoms with Crippen molar-refractivity contribution in [3.05, 3.63) is 72.0 Å². The van der Waals surface area contributed by atoms with Gasteiger partial charge < -0.3 is 13.9 Å². The van der Waals surface area contributed by atoms with Crippen molar-refractivity contribution >= 4 is 11.9 Å². The van der Waals surface area contributed by atoms with Crippen LogP contribution in [0.3, 0.4) is 0 Å². The molecule has 3 aromatic rings. The lowest BCUT2D eigenvalue weighted by Crippen LogP contribution is -1.97. The van der Waals surface area contributed by atoms with E-state index in [0.29, 0.717) is 28.7 Å². The first-order valence-corrected chi connectivity index (χ1v) is 7.72. The van der Waals surface area contributed by atoms with Gasteiger partial charge in [-0.2, -0.15) is 5.10 Å². The van der Waals surface area contributed by atoms with Crippen molar-refractivity contribution in [3.63, 3.8) is 0 Å². The zero-order valence-electron chi connectivity index (χ0n) is 14.0. The SMILES string of the molecule is COc1ccccc1OCc1ccc(/C=C/C(=O)c2ccn(C)n2)o1. The second kappa shape index (κ2) is 7.53. The maximum absolute atomic E-state index is 12.0. The fourth-order valence-corrected chi connectivity index (χ4v) is 2.24. The Balaban J connectivity index is 1.60. The van der Waals surface area contributed by atoms with Crippen molar-refractivity contribution in [2.24, 2.45) is 7.05 Å². The number of carbonyl (C=O) groups is 1. The van der Waals surface area contributed by atoms with Crippen molar-refractivity contribution in [1.82, 2.24) is 9.78 Å². The Labute approximate surface area is 145 Å². The smallest absolute Gasteiger partial charge is 0.206 e. The number of allylic oxidation sites excluding steroid dienone is 1. The van der Waals surface area contributed by atoms with Crippen LogP contribution < -0.4 is 9.47 Å². The number of ether oxygens (including phenoxy) is 2. The van der Waals surface area contributed by atoms with E-state index in [2.05, 4.69) is 5.10 Å². The molecule has 0 aliphatic heterocycles. The van der Waals surface area contributed by atoms with Crippen molar-refractivity contribution in [2.75, 3.05) is 7.11 Å². The Morgan fingerprint density at radius 1 is 1.20 bits per heavy atom. The number of para-hydroxylation sites is 2. The highest BCUT2D eigenvalue weighted by atomic mass is 16.5. The Morgan fingerprint density at radius 3 is 2.72 bits per heavy atom. The third-order valence-corrected chi connectivity index (χ3v) is 3.49. The highest BCUT2D eigenvalue weighted by molar-refractivity contribution is 6.05. The summed E-state index contributed by atoms with van der Waals surface area (Å²) in [5, 5.41) is 4.06. The second-order valence-electron chi connectivity index (χ2n) is 5.32. The summed E-state index contributed by atoms with van der Waals surface area (Å²) < 4.78 is 18.2. The molecule has 2 heterocycles. The van der Waals surface area contributed by atoms with Crippen LogP contribution in [-0.4, -0.2) is 22.7 Å². The maximum Gasteiger partial charge on any atom is 0.206 e. The molecule has 0 spiro atoms. The van der Waals surface area contributed by atoms with E-state index in [9.17, 15) is 4.79 Å². The number of aryl methyl sites for hydroxylation is 1. The standard InChI is InChI=1S/C19H18N2O4/c1-21-12-11-16(20-21)17(22)10-9-14-7-8-15(25-14)13-24-19-6-4-3-5-18(19)23-2/h3-12H,13H2,1-2H3/b10-9+. The summed E-state index contributed by atoms with van der Waals surface area (Å²) in [6, 6.07) is 12.7. The summed E-state index contributed by atoms with van der Waals surface area (Å²) in [5.74, 6) is 2.35. The molecule has 25 heavy (non-hydrogen) atoms. The van der Waals surface area contributed by atoms with E-state index in [-0.39, 0.29) is 12.4 Å². The average Bonchev–Trinajstić information content (AvgIpc) is 3.27. The van der Waals surface area contributed by atoms with Gasteiger partial charge >= 0.3 is 0 Å². The predicted octanol–water partition coefficient (Wildman–Crippen LogP) is 3.50. The van der Waals surface area contributed by atoms with Gasteiger partial charge in [0.25, 0.3) is 0 Å². The molecule has 0 unspecified atom stereocenters. The zero-order chi connectivity index (χ0) is 17.6. The van der Waals surface area contributed by atoms with Gasteiger partial charge in [0, 0.05) is 13.2 Å². The maximum atomic E-state index is 12.0. The lowest BCUT2D eigenvalue weighted by Gasteiger charge is -2.08. The minimum absolute atomic E-state index is 0.177. The molecule has 0 saturated heterocycles. The van der Waals surface area contributed by atoms with E-state index in [4.69, 9.17) is 13.9 Å².